The predicted octanol–water partition coefficient (Wildman–Crippen LogP) is 2.60. The highest BCUT2D eigenvalue weighted by atomic mass is 35.5. The lowest BCUT2D eigenvalue weighted by Gasteiger charge is -2.08. The van der Waals surface area contributed by atoms with Crippen LogP contribution in [0, 0.1) is 0 Å². The SMILES string of the molecule is O=C1CCC(C(=O)N=c2sccn2Cc2ccc(Cl)cc2Cl)=NN1. The zero-order valence-corrected chi connectivity index (χ0v) is 14.7. The number of rotatable bonds is 3. The van der Waals surface area contributed by atoms with Gasteiger partial charge in [-0.05, 0) is 17.7 Å². The number of hydrogen-bond acceptors (Lipinski definition) is 4. The molecule has 0 aliphatic carbocycles. The third-order valence-electron chi connectivity index (χ3n) is 3.36. The van der Waals surface area contributed by atoms with Crippen LogP contribution < -0.4 is 10.2 Å². The van der Waals surface area contributed by atoms with Crippen molar-refractivity contribution in [3.05, 3.63) is 50.2 Å². The molecule has 9 heteroatoms. The number of halogens is 2. The van der Waals surface area contributed by atoms with Gasteiger partial charge in [-0.15, -0.1) is 11.3 Å². The first-order valence-electron chi connectivity index (χ1n) is 7.05. The summed E-state index contributed by atoms with van der Waals surface area (Å²) in [6, 6.07) is 5.27. The zero-order chi connectivity index (χ0) is 17.1. The minimum atomic E-state index is -0.451. The van der Waals surface area contributed by atoms with Gasteiger partial charge in [-0.3, -0.25) is 9.59 Å². The van der Waals surface area contributed by atoms with Gasteiger partial charge in [0, 0.05) is 34.5 Å². The normalized spacial score (nSPS) is 15.2. The van der Waals surface area contributed by atoms with Gasteiger partial charge in [-0.25, -0.2) is 5.43 Å². The molecular formula is C15H12Cl2N4O2S. The van der Waals surface area contributed by atoms with Crippen LogP contribution in [0.3, 0.4) is 0 Å². The van der Waals surface area contributed by atoms with E-state index in [0.29, 0.717) is 27.8 Å². The van der Waals surface area contributed by atoms with Crippen LogP contribution in [-0.2, 0) is 16.1 Å². The second-order valence-corrected chi connectivity index (χ2v) is 6.78. The molecule has 2 amide bonds. The number of carbonyl (C=O) groups excluding carboxylic acids is 2. The molecule has 0 atom stereocenters. The Morgan fingerprint density at radius 3 is 2.92 bits per heavy atom. The van der Waals surface area contributed by atoms with Crippen LogP contribution in [0.4, 0.5) is 0 Å². The van der Waals surface area contributed by atoms with Gasteiger partial charge < -0.3 is 4.57 Å². The second kappa shape index (κ2) is 7.29. The van der Waals surface area contributed by atoms with Gasteiger partial charge in [0.2, 0.25) is 5.91 Å². The summed E-state index contributed by atoms with van der Waals surface area (Å²) in [7, 11) is 0. The number of benzene rings is 1. The van der Waals surface area contributed by atoms with Gasteiger partial charge in [0.15, 0.2) is 4.80 Å². The molecule has 124 valence electrons. The standard InChI is InChI=1S/C15H12Cl2N4O2S/c16-10-2-1-9(11(17)7-10)8-21-5-6-24-15(21)18-14(23)12-3-4-13(22)20-19-12/h1-2,5-7H,3-4,8H2,(H,20,22). The van der Waals surface area contributed by atoms with Crippen molar-refractivity contribution in [2.75, 3.05) is 0 Å². The molecule has 2 heterocycles. The van der Waals surface area contributed by atoms with E-state index < -0.39 is 5.91 Å². The van der Waals surface area contributed by atoms with E-state index in [-0.39, 0.29) is 18.0 Å². The highest BCUT2D eigenvalue weighted by Crippen LogP contribution is 2.21. The minimum Gasteiger partial charge on any atom is -0.319 e. The lowest BCUT2D eigenvalue weighted by molar-refractivity contribution is -0.121. The number of aromatic nitrogens is 1. The molecule has 0 saturated carbocycles. The Morgan fingerprint density at radius 2 is 2.21 bits per heavy atom. The maximum Gasteiger partial charge on any atom is 0.295 e. The van der Waals surface area contributed by atoms with Gasteiger partial charge in [0.05, 0.1) is 6.54 Å². The summed E-state index contributed by atoms with van der Waals surface area (Å²) in [5.41, 5.74) is 3.41. The molecule has 1 aliphatic rings. The molecule has 2 aromatic rings. The number of carbonyl (C=O) groups is 2. The van der Waals surface area contributed by atoms with Crippen molar-refractivity contribution in [2.24, 2.45) is 10.1 Å². The van der Waals surface area contributed by atoms with Crippen molar-refractivity contribution < 1.29 is 9.59 Å². The van der Waals surface area contributed by atoms with E-state index in [2.05, 4.69) is 15.5 Å². The Bertz CT molecular complexity index is 901. The molecule has 0 radical (unpaired) electrons. The van der Waals surface area contributed by atoms with Gasteiger partial charge in [0.25, 0.3) is 5.91 Å². The van der Waals surface area contributed by atoms with Gasteiger partial charge in [-0.1, -0.05) is 29.3 Å². The number of hydrogen-bond donors (Lipinski definition) is 1. The maximum atomic E-state index is 12.2. The van der Waals surface area contributed by atoms with E-state index in [4.69, 9.17) is 23.2 Å². The van der Waals surface area contributed by atoms with Crippen LogP contribution in [0.2, 0.25) is 10.0 Å². The van der Waals surface area contributed by atoms with Gasteiger partial charge in [0.1, 0.15) is 5.71 Å². The molecule has 1 aliphatic heterocycles. The molecule has 0 unspecified atom stereocenters. The van der Waals surface area contributed by atoms with Crippen molar-refractivity contribution >= 4 is 52.1 Å². The third kappa shape index (κ3) is 3.92. The van der Waals surface area contributed by atoms with E-state index in [0.717, 1.165) is 5.56 Å². The van der Waals surface area contributed by atoms with Crippen molar-refractivity contribution in [3.8, 4) is 0 Å². The number of thiazole rings is 1. The molecule has 1 aromatic carbocycles. The summed E-state index contributed by atoms with van der Waals surface area (Å²) in [4.78, 5) is 27.9. The average molecular weight is 383 g/mol. The summed E-state index contributed by atoms with van der Waals surface area (Å²) in [6.07, 6.45) is 2.36. The largest absolute Gasteiger partial charge is 0.319 e. The topological polar surface area (TPSA) is 75.8 Å². The first-order chi connectivity index (χ1) is 11.5. The lowest BCUT2D eigenvalue weighted by Crippen LogP contribution is -2.30. The second-order valence-electron chi connectivity index (χ2n) is 5.06. The van der Waals surface area contributed by atoms with E-state index in [1.165, 1.54) is 11.3 Å². The number of amides is 2. The molecule has 0 fully saturated rings. The zero-order valence-electron chi connectivity index (χ0n) is 12.3. The Balaban J connectivity index is 1.84. The van der Waals surface area contributed by atoms with Crippen LogP contribution >= 0.6 is 34.5 Å². The van der Waals surface area contributed by atoms with E-state index in [9.17, 15) is 9.59 Å². The average Bonchev–Trinajstić information content (AvgIpc) is 2.97. The lowest BCUT2D eigenvalue weighted by atomic mass is 10.2. The maximum absolute atomic E-state index is 12.2. The van der Waals surface area contributed by atoms with E-state index in [1.54, 1.807) is 12.1 Å². The fourth-order valence-corrected chi connectivity index (χ4v) is 3.31. The monoisotopic (exact) mass is 382 g/mol. The van der Waals surface area contributed by atoms with E-state index >= 15 is 0 Å². The van der Waals surface area contributed by atoms with Crippen LogP contribution in [0.25, 0.3) is 0 Å². The predicted molar refractivity (Wildman–Crippen MR) is 93.3 cm³/mol. The number of hydrazone groups is 1. The molecule has 0 spiro atoms. The molecule has 3 rings (SSSR count). The smallest absolute Gasteiger partial charge is 0.295 e. The van der Waals surface area contributed by atoms with Gasteiger partial charge >= 0.3 is 0 Å². The Kier molecular flexibility index (Phi) is 5.13. The highest BCUT2D eigenvalue weighted by molar-refractivity contribution is 7.07. The highest BCUT2D eigenvalue weighted by Gasteiger charge is 2.18. The van der Waals surface area contributed by atoms with Crippen molar-refractivity contribution in [3.63, 3.8) is 0 Å². The Morgan fingerprint density at radius 1 is 1.38 bits per heavy atom. The summed E-state index contributed by atoms with van der Waals surface area (Å²) in [5.74, 6) is -0.650. The van der Waals surface area contributed by atoms with Crippen LogP contribution in [0.1, 0.15) is 18.4 Å². The molecule has 1 aromatic heterocycles. The molecule has 0 saturated heterocycles. The first-order valence-corrected chi connectivity index (χ1v) is 8.69. The number of nitrogens with zero attached hydrogens (tertiary/aromatic N) is 3. The fraction of sp³-hybridized carbons (Fsp3) is 0.200. The Labute approximate surface area is 151 Å². The first kappa shape index (κ1) is 16.9. The van der Waals surface area contributed by atoms with Crippen LogP contribution in [0.5, 0.6) is 0 Å². The minimum absolute atomic E-state index is 0.199. The van der Waals surface area contributed by atoms with Crippen LogP contribution in [0.15, 0.2) is 39.9 Å². The summed E-state index contributed by atoms with van der Waals surface area (Å²) >= 11 is 13.4. The molecule has 24 heavy (non-hydrogen) atoms. The van der Waals surface area contributed by atoms with Crippen molar-refractivity contribution in [1.29, 1.82) is 0 Å². The van der Waals surface area contributed by atoms with Crippen LogP contribution in [-0.4, -0.2) is 22.1 Å². The van der Waals surface area contributed by atoms with E-state index in [1.807, 2.05) is 22.2 Å². The third-order valence-corrected chi connectivity index (χ3v) is 4.75. The fourth-order valence-electron chi connectivity index (χ4n) is 2.12. The molecular weight excluding hydrogens is 371 g/mol. The van der Waals surface area contributed by atoms with Crippen molar-refractivity contribution in [1.82, 2.24) is 9.99 Å². The summed E-state index contributed by atoms with van der Waals surface area (Å²) in [5, 5.41) is 6.72. The Hall–Kier alpha value is -1.96. The van der Waals surface area contributed by atoms with Crippen molar-refractivity contribution in [2.45, 2.75) is 19.4 Å². The summed E-state index contributed by atoms with van der Waals surface area (Å²) in [6.45, 7) is 0.467. The quantitative estimate of drug-likeness (QED) is 0.885. The molecule has 6 nitrogen and oxygen atoms in total. The molecule has 1 N–H and O–H groups in total. The number of nitrogens with one attached hydrogen (secondary N) is 1. The van der Waals surface area contributed by atoms with Gasteiger partial charge in [-0.2, -0.15) is 10.1 Å². The summed E-state index contributed by atoms with van der Waals surface area (Å²) < 4.78 is 1.82. The molecule has 0 bridgehead atoms.